The number of rotatable bonds is 7. The van der Waals surface area contributed by atoms with E-state index in [0.717, 1.165) is 12.1 Å². The van der Waals surface area contributed by atoms with Crippen LogP contribution in [0, 0.1) is 0 Å². The summed E-state index contributed by atoms with van der Waals surface area (Å²) in [5.41, 5.74) is 2.65. The van der Waals surface area contributed by atoms with Crippen molar-refractivity contribution in [2.24, 2.45) is 0 Å². The highest BCUT2D eigenvalue weighted by molar-refractivity contribution is 6.73. The SMILES string of the molecule is C[Si](C)(Cc1ccccc1)OO[Si](C)(C)Cc1ccccc1. The van der Waals surface area contributed by atoms with Crippen LogP contribution in [0.5, 0.6) is 0 Å². The Balaban J connectivity index is 1.89. The highest BCUT2D eigenvalue weighted by Crippen LogP contribution is 2.19. The first-order valence-electron chi connectivity index (χ1n) is 7.81. The van der Waals surface area contributed by atoms with Crippen molar-refractivity contribution in [3.05, 3.63) is 71.8 Å². The van der Waals surface area contributed by atoms with Gasteiger partial charge in [-0.2, -0.15) is 0 Å². The molecule has 0 aliphatic heterocycles. The number of hydrogen-bond donors (Lipinski definition) is 0. The maximum absolute atomic E-state index is 5.97. The zero-order valence-corrected chi connectivity index (χ0v) is 16.0. The van der Waals surface area contributed by atoms with Crippen LogP contribution in [0.3, 0.4) is 0 Å². The molecule has 2 aromatic carbocycles. The Morgan fingerprint density at radius 1 is 0.591 bits per heavy atom. The van der Waals surface area contributed by atoms with E-state index in [0.29, 0.717) is 0 Å². The second-order valence-corrected chi connectivity index (χ2v) is 15.1. The van der Waals surface area contributed by atoms with E-state index in [1.807, 2.05) is 12.1 Å². The second-order valence-electron chi connectivity index (χ2n) is 7.01. The fraction of sp³-hybridized carbons (Fsp3) is 0.333. The summed E-state index contributed by atoms with van der Waals surface area (Å²) in [4.78, 5) is 0. The van der Waals surface area contributed by atoms with E-state index < -0.39 is 16.6 Å². The van der Waals surface area contributed by atoms with Crippen molar-refractivity contribution in [3.8, 4) is 0 Å². The van der Waals surface area contributed by atoms with Gasteiger partial charge in [0.05, 0.1) is 0 Å². The van der Waals surface area contributed by atoms with Gasteiger partial charge in [-0.15, -0.1) is 0 Å². The first-order chi connectivity index (χ1) is 10.4. The third kappa shape index (κ3) is 5.89. The summed E-state index contributed by atoms with van der Waals surface area (Å²) in [5.74, 6) is 0. The monoisotopic (exact) mass is 330 g/mol. The van der Waals surface area contributed by atoms with E-state index in [1.165, 1.54) is 11.1 Å². The average Bonchev–Trinajstić information content (AvgIpc) is 2.47. The predicted molar refractivity (Wildman–Crippen MR) is 97.4 cm³/mol. The third-order valence-corrected chi connectivity index (χ3v) is 7.19. The lowest BCUT2D eigenvalue weighted by atomic mass is 10.2. The molecule has 118 valence electrons. The molecule has 0 amide bonds. The molecule has 0 N–H and O–H groups in total. The summed E-state index contributed by atoms with van der Waals surface area (Å²) in [6.45, 7) is 8.86. The summed E-state index contributed by atoms with van der Waals surface area (Å²) in [6.07, 6.45) is 0. The molecule has 2 aromatic rings. The third-order valence-electron chi connectivity index (χ3n) is 3.44. The highest BCUT2D eigenvalue weighted by Gasteiger charge is 2.31. The van der Waals surface area contributed by atoms with Gasteiger partial charge in [0, 0.05) is 0 Å². The highest BCUT2D eigenvalue weighted by atomic mass is 28.4. The molecule has 2 nitrogen and oxygen atoms in total. The largest absolute Gasteiger partial charge is 0.298 e. The topological polar surface area (TPSA) is 18.5 Å². The smallest absolute Gasteiger partial charge is 0.235 e. The van der Waals surface area contributed by atoms with Gasteiger partial charge >= 0.3 is 0 Å². The van der Waals surface area contributed by atoms with Gasteiger partial charge in [-0.1, -0.05) is 60.7 Å². The molecule has 0 spiro atoms. The lowest BCUT2D eigenvalue weighted by Crippen LogP contribution is -2.42. The van der Waals surface area contributed by atoms with Crippen molar-refractivity contribution in [1.29, 1.82) is 0 Å². The molecule has 22 heavy (non-hydrogen) atoms. The van der Waals surface area contributed by atoms with Crippen LogP contribution < -0.4 is 0 Å². The summed E-state index contributed by atoms with van der Waals surface area (Å²) in [7, 11) is -3.72. The molecule has 0 aliphatic rings. The lowest BCUT2D eigenvalue weighted by Gasteiger charge is -2.29. The van der Waals surface area contributed by atoms with Crippen molar-refractivity contribution < 1.29 is 9.15 Å². The van der Waals surface area contributed by atoms with Gasteiger partial charge in [0.25, 0.3) is 0 Å². The van der Waals surface area contributed by atoms with E-state index in [9.17, 15) is 0 Å². The Morgan fingerprint density at radius 2 is 0.909 bits per heavy atom. The summed E-state index contributed by atoms with van der Waals surface area (Å²) >= 11 is 0. The number of benzene rings is 2. The van der Waals surface area contributed by atoms with Crippen LogP contribution in [-0.2, 0) is 21.2 Å². The molecular formula is C18H26O2Si2. The van der Waals surface area contributed by atoms with Gasteiger partial charge in [-0.3, -0.25) is 9.15 Å². The van der Waals surface area contributed by atoms with Crippen LogP contribution in [-0.4, -0.2) is 16.6 Å². The first-order valence-corrected chi connectivity index (χ1v) is 14.0. The molecule has 4 heteroatoms. The van der Waals surface area contributed by atoms with E-state index in [1.54, 1.807) is 0 Å². The van der Waals surface area contributed by atoms with Gasteiger partial charge in [-0.25, -0.2) is 0 Å². The zero-order chi connectivity index (χ0) is 16.1. The molecule has 0 fully saturated rings. The summed E-state index contributed by atoms with van der Waals surface area (Å²) < 4.78 is 11.9. The molecule has 0 aliphatic carbocycles. The van der Waals surface area contributed by atoms with Crippen LogP contribution in [0.4, 0.5) is 0 Å². The van der Waals surface area contributed by atoms with Gasteiger partial charge in [-0.05, 0) is 49.4 Å². The van der Waals surface area contributed by atoms with Gasteiger partial charge in [0.15, 0.2) is 0 Å². The molecule has 0 aromatic heterocycles. The van der Waals surface area contributed by atoms with E-state index in [-0.39, 0.29) is 0 Å². The van der Waals surface area contributed by atoms with Crippen molar-refractivity contribution in [1.82, 2.24) is 0 Å². The Labute approximate surface area is 136 Å². The van der Waals surface area contributed by atoms with Crippen molar-refractivity contribution >= 4 is 16.6 Å². The Hall–Kier alpha value is -1.21. The number of hydrogen-bond acceptors (Lipinski definition) is 2. The Morgan fingerprint density at radius 3 is 1.23 bits per heavy atom. The van der Waals surface area contributed by atoms with Crippen LogP contribution in [0.1, 0.15) is 11.1 Å². The fourth-order valence-corrected chi connectivity index (χ4v) is 6.82. The Bertz CT molecular complexity index is 515. The molecule has 0 saturated heterocycles. The summed E-state index contributed by atoms with van der Waals surface area (Å²) in [6, 6.07) is 23.0. The van der Waals surface area contributed by atoms with E-state index in [2.05, 4.69) is 74.7 Å². The first kappa shape index (κ1) is 17.2. The molecule has 0 unspecified atom stereocenters. The molecule has 2 rings (SSSR count). The molecule has 0 heterocycles. The van der Waals surface area contributed by atoms with E-state index in [4.69, 9.17) is 9.15 Å². The quantitative estimate of drug-likeness (QED) is 0.408. The second kappa shape index (κ2) is 7.37. The van der Waals surface area contributed by atoms with Gasteiger partial charge < -0.3 is 0 Å². The molecule has 0 radical (unpaired) electrons. The minimum absolute atomic E-state index is 0.976. The van der Waals surface area contributed by atoms with Crippen molar-refractivity contribution in [2.45, 2.75) is 38.3 Å². The zero-order valence-electron chi connectivity index (χ0n) is 14.0. The van der Waals surface area contributed by atoms with Crippen molar-refractivity contribution in [2.75, 3.05) is 0 Å². The average molecular weight is 331 g/mol. The normalized spacial score (nSPS) is 12.4. The maximum atomic E-state index is 5.97. The van der Waals surface area contributed by atoms with Crippen molar-refractivity contribution in [3.63, 3.8) is 0 Å². The predicted octanol–water partition coefficient (Wildman–Crippen LogP) is 4.91. The van der Waals surface area contributed by atoms with E-state index >= 15 is 0 Å². The van der Waals surface area contributed by atoms with Gasteiger partial charge in [0.1, 0.15) is 0 Å². The molecule has 0 bridgehead atoms. The van der Waals surface area contributed by atoms with Crippen LogP contribution in [0.25, 0.3) is 0 Å². The minimum atomic E-state index is -1.86. The Kier molecular flexibility index (Phi) is 5.75. The molecular weight excluding hydrogens is 304 g/mol. The lowest BCUT2D eigenvalue weighted by molar-refractivity contribution is -0.126. The molecule has 0 saturated carbocycles. The fourth-order valence-electron chi connectivity index (χ4n) is 2.46. The van der Waals surface area contributed by atoms with Gasteiger partial charge in [0.2, 0.25) is 16.6 Å². The maximum Gasteiger partial charge on any atom is 0.235 e. The standard InChI is InChI=1S/C18H26O2Si2/c1-21(2,15-17-11-7-5-8-12-17)19-20-22(3,4)16-18-13-9-6-10-14-18/h5-14H,15-16H2,1-4H3. The molecule has 0 atom stereocenters. The van der Waals surface area contributed by atoms with Crippen LogP contribution >= 0.6 is 0 Å². The van der Waals surface area contributed by atoms with Crippen LogP contribution in [0.2, 0.25) is 26.2 Å². The van der Waals surface area contributed by atoms with Crippen LogP contribution in [0.15, 0.2) is 60.7 Å². The summed E-state index contributed by atoms with van der Waals surface area (Å²) in [5, 5.41) is 0. The minimum Gasteiger partial charge on any atom is -0.298 e.